The van der Waals surface area contributed by atoms with Gasteiger partial charge in [0.15, 0.2) is 0 Å². The number of ether oxygens (including phenoxy) is 1. The Morgan fingerprint density at radius 3 is 2.00 bits per heavy atom. The molecule has 0 unspecified atom stereocenters. The maximum absolute atomic E-state index is 11.1. The van der Waals surface area contributed by atoms with E-state index in [-0.39, 0.29) is 11.7 Å². The van der Waals surface area contributed by atoms with Gasteiger partial charge < -0.3 is 9.84 Å². The van der Waals surface area contributed by atoms with Gasteiger partial charge in [-0.2, -0.15) is 8.42 Å². The Morgan fingerprint density at radius 1 is 1.24 bits per heavy atom. The third kappa shape index (κ3) is 9.30. The number of hydrogen-bond donors (Lipinski definition) is 3. The lowest BCUT2D eigenvalue weighted by atomic mass is 10.2. The minimum atomic E-state index is -4.67. The number of esters is 1. The van der Waals surface area contributed by atoms with E-state index in [1.165, 1.54) is 24.3 Å². The Bertz CT molecular complexity index is 441. The average Bonchev–Trinajstić information content (AvgIpc) is 2.16. The molecule has 0 spiro atoms. The molecule has 0 radical (unpaired) electrons. The second-order valence-corrected chi connectivity index (χ2v) is 3.61. The summed E-state index contributed by atoms with van der Waals surface area (Å²) in [5, 5.41) is 8.92. The summed E-state index contributed by atoms with van der Waals surface area (Å²) in [5.41, 5.74) is 0.453. The fourth-order valence-corrected chi connectivity index (χ4v) is 0.812. The number of carbonyl (C=O) groups is 1. The summed E-state index contributed by atoms with van der Waals surface area (Å²) in [6, 6.07) is 5.94. The molecule has 0 saturated carbocycles. The molecule has 0 heterocycles. The first kappa shape index (κ1) is 15.4. The first-order chi connectivity index (χ1) is 7.74. The number of hydrogen-bond acceptors (Lipinski definition) is 5. The van der Waals surface area contributed by atoms with Gasteiger partial charge in [0, 0.05) is 0 Å². The quantitative estimate of drug-likeness (QED) is 0.536. The molecule has 1 aromatic rings. The molecular formula is C9H12O7S. The molecule has 7 nitrogen and oxygen atoms in total. The van der Waals surface area contributed by atoms with Crippen LogP contribution >= 0.6 is 0 Å². The molecule has 0 amide bonds. The fourth-order valence-electron chi connectivity index (χ4n) is 0.812. The minimum absolute atomic E-state index is 0.142. The van der Waals surface area contributed by atoms with Crippen LogP contribution in [0.3, 0.4) is 0 Å². The standard InChI is InChI=1S/C9H10O3.H2O4S/c1-2-12-9(11)7-3-5-8(10)6-4-7;1-5(2,3)4/h3-6,10H,2H2,1H3;(H2,1,2,3,4). The van der Waals surface area contributed by atoms with Crippen molar-refractivity contribution in [1.29, 1.82) is 0 Å². The van der Waals surface area contributed by atoms with Crippen molar-refractivity contribution >= 4 is 16.4 Å². The zero-order valence-electron chi connectivity index (χ0n) is 8.90. The largest absolute Gasteiger partial charge is 0.508 e. The average molecular weight is 264 g/mol. The lowest BCUT2D eigenvalue weighted by Gasteiger charge is -2.00. The van der Waals surface area contributed by atoms with Crippen molar-refractivity contribution < 1.29 is 32.2 Å². The van der Waals surface area contributed by atoms with Gasteiger partial charge in [-0.25, -0.2) is 4.79 Å². The Morgan fingerprint density at radius 2 is 1.65 bits per heavy atom. The molecule has 1 rings (SSSR count). The van der Waals surface area contributed by atoms with Gasteiger partial charge in [-0.15, -0.1) is 0 Å². The van der Waals surface area contributed by atoms with Crippen molar-refractivity contribution in [3.8, 4) is 5.75 Å². The molecular weight excluding hydrogens is 252 g/mol. The van der Waals surface area contributed by atoms with Gasteiger partial charge in [0.05, 0.1) is 12.2 Å². The maximum atomic E-state index is 11.1. The SMILES string of the molecule is CCOC(=O)c1ccc(O)cc1.O=S(=O)(O)O. The van der Waals surface area contributed by atoms with Crippen LogP contribution in [0.4, 0.5) is 0 Å². The Kier molecular flexibility index (Phi) is 6.18. The van der Waals surface area contributed by atoms with E-state index >= 15 is 0 Å². The number of rotatable bonds is 2. The molecule has 96 valence electrons. The highest BCUT2D eigenvalue weighted by Crippen LogP contribution is 2.10. The minimum Gasteiger partial charge on any atom is -0.508 e. The number of phenols is 1. The Balaban J connectivity index is 0.000000437. The van der Waals surface area contributed by atoms with Crippen molar-refractivity contribution in [2.24, 2.45) is 0 Å². The predicted molar refractivity (Wildman–Crippen MR) is 58.2 cm³/mol. The van der Waals surface area contributed by atoms with E-state index in [0.29, 0.717) is 12.2 Å². The van der Waals surface area contributed by atoms with Gasteiger partial charge >= 0.3 is 16.4 Å². The molecule has 0 aliphatic carbocycles. The molecule has 0 fully saturated rings. The van der Waals surface area contributed by atoms with Crippen molar-refractivity contribution in [2.75, 3.05) is 6.61 Å². The highest BCUT2D eigenvalue weighted by Gasteiger charge is 2.04. The van der Waals surface area contributed by atoms with Gasteiger partial charge in [-0.3, -0.25) is 9.11 Å². The second-order valence-electron chi connectivity index (χ2n) is 2.72. The van der Waals surface area contributed by atoms with E-state index in [1.807, 2.05) is 0 Å². The van der Waals surface area contributed by atoms with Crippen LogP contribution in [-0.2, 0) is 15.1 Å². The van der Waals surface area contributed by atoms with Crippen molar-refractivity contribution in [1.82, 2.24) is 0 Å². The highest BCUT2D eigenvalue weighted by atomic mass is 32.3. The smallest absolute Gasteiger partial charge is 0.394 e. The summed E-state index contributed by atoms with van der Waals surface area (Å²) in [7, 11) is -4.67. The molecule has 0 aromatic heterocycles. The Hall–Kier alpha value is -1.64. The van der Waals surface area contributed by atoms with E-state index < -0.39 is 10.4 Å². The summed E-state index contributed by atoms with van der Waals surface area (Å²) in [5.74, 6) is -0.222. The van der Waals surface area contributed by atoms with E-state index in [1.54, 1.807) is 6.92 Å². The van der Waals surface area contributed by atoms with Gasteiger partial charge in [0.25, 0.3) is 0 Å². The number of benzene rings is 1. The van der Waals surface area contributed by atoms with Gasteiger partial charge in [0.2, 0.25) is 0 Å². The zero-order valence-corrected chi connectivity index (χ0v) is 9.72. The monoisotopic (exact) mass is 264 g/mol. The number of carbonyl (C=O) groups excluding carboxylic acids is 1. The molecule has 3 N–H and O–H groups in total. The van der Waals surface area contributed by atoms with E-state index in [0.717, 1.165) is 0 Å². The Labute approximate surface area is 98.2 Å². The third-order valence-corrected chi connectivity index (χ3v) is 1.38. The number of phenolic OH excluding ortho intramolecular Hbond substituents is 1. The van der Waals surface area contributed by atoms with Crippen LogP contribution in [0.25, 0.3) is 0 Å². The van der Waals surface area contributed by atoms with Crippen LogP contribution in [0.2, 0.25) is 0 Å². The molecule has 17 heavy (non-hydrogen) atoms. The first-order valence-electron chi connectivity index (χ1n) is 4.40. The van der Waals surface area contributed by atoms with Crippen LogP contribution in [0.1, 0.15) is 17.3 Å². The second kappa shape index (κ2) is 6.84. The summed E-state index contributed by atoms with van der Waals surface area (Å²) in [6.07, 6.45) is 0. The van der Waals surface area contributed by atoms with Crippen molar-refractivity contribution in [3.63, 3.8) is 0 Å². The lowest BCUT2D eigenvalue weighted by Crippen LogP contribution is -2.03. The van der Waals surface area contributed by atoms with Gasteiger partial charge in [-0.1, -0.05) is 0 Å². The molecule has 8 heteroatoms. The number of aromatic hydroxyl groups is 1. The predicted octanol–water partition coefficient (Wildman–Crippen LogP) is 0.916. The van der Waals surface area contributed by atoms with Crippen LogP contribution in [0.5, 0.6) is 5.75 Å². The highest BCUT2D eigenvalue weighted by molar-refractivity contribution is 7.79. The molecule has 0 aliphatic rings. The maximum Gasteiger partial charge on any atom is 0.394 e. The summed E-state index contributed by atoms with van der Waals surface area (Å²) in [4.78, 5) is 11.1. The molecule has 0 atom stereocenters. The van der Waals surface area contributed by atoms with Gasteiger partial charge in [0.1, 0.15) is 5.75 Å². The molecule has 0 saturated heterocycles. The topological polar surface area (TPSA) is 121 Å². The van der Waals surface area contributed by atoms with E-state index in [9.17, 15) is 4.79 Å². The van der Waals surface area contributed by atoms with E-state index in [2.05, 4.69) is 0 Å². The van der Waals surface area contributed by atoms with Crippen LogP contribution < -0.4 is 0 Å². The molecule has 0 bridgehead atoms. The first-order valence-corrected chi connectivity index (χ1v) is 5.79. The van der Waals surface area contributed by atoms with Crippen LogP contribution in [-0.4, -0.2) is 35.2 Å². The normalized spacial score (nSPS) is 10.1. The van der Waals surface area contributed by atoms with Crippen LogP contribution in [0, 0.1) is 0 Å². The van der Waals surface area contributed by atoms with Crippen molar-refractivity contribution in [2.45, 2.75) is 6.92 Å². The van der Waals surface area contributed by atoms with E-state index in [4.69, 9.17) is 27.4 Å². The third-order valence-electron chi connectivity index (χ3n) is 1.38. The molecule has 0 aliphatic heterocycles. The zero-order chi connectivity index (χ0) is 13.5. The fraction of sp³-hybridized carbons (Fsp3) is 0.222. The van der Waals surface area contributed by atoms with Crippen molar-refractivity contribution in [3.05, 3.63) is 29.8 Å². The summed E-state index contributed by atoms with van der Waals surface area (Å²) < 4.78 is 36.3. The summed E-state index contributed by atoms with van der Waals surface area (Å²) in [6.45, 7) is 2.11. The lowest BCUT2D eigenvalue weighted by molar-refractivity contribution is 0.0526. The molecule has 1 aromatic carbocycles. The van der Waals surface area contributed by atoms with Gasteiger partial charge in [-0.05, 0) is 31.2 Å². The van der Waals surface area contributed by atoms with Crippen LogP contribution in [0.15, 0.2) is 24.3 Å². The summed E-state index contributed by atoms with van der Waals surface area (Å²) >= 11 is 0.